The van der Waals surface area contributed by atoms with Crippen molar-refractivity contribution in [1.29, 1.82) is 5.26 Å². The Bertz CT molecular complexity index is 1420. The summed E-state index contributed by atoms with van der Waals surface area (Å²) in [5, 5.41) is 16.4. The number of ether oxygens (including phenoxy) is 3. The molecule has 1 aliphatic heterocycles. The number of amides is 1. The second-order valence-electron chi connectivity index (χ2n) is 8.04. The molecule has 0 saturated carbocycles. The van der Waals surface area contributed by atoms with E-state index in [1.54, 1.807) is 28.7 Å². The fraction of sp³-hybridized carbons (Fsp3) is 0.231. The maximum absolute atomic E-state index is 12.9. The Hall–Kier alpha value is -4.62. The molecule has 1 N–H and O–H groups in total. The Balaban J connectivity index is 1.38. The van der Waals surface area contributed by atoms with E-state index in [9.17, 15) is 4.79 Å². The molecular weight excluding hydrogens is 460 g/mol. The predicted octanol–water partition coefficient (Wildman–Crippen LogP) is 3.52. The number of pyridine rings is 1. The number of nitrogens with zero attached hydrogens (tertiary/aromatic N) is 5. The van der Waals surface area contributed by atoms with Crippen LogP contribution in [0.1, 0.15) is 10.4 Å². The van der Waals surface area contributed by atoms with E-state index in [1.165, 1.54) is 0 Å². The third-order valence-corrected chi connectivity index (χ3v) is 5.82. The minimum Gasteiger partial charge on any atom is -0.496 e. The van der Waals surface area contributed by atoms with E-state index in [2.05, 4.69) is 15.4 Å². The number of carbonyl (C=O) groups excluding carboxylic acids is 1. The van der Waals surface area contributed by atoms with Crippen LogP contribution in [0.25, 0.3) is 16.8 Å². The molecule has 3 heterocycles. The lowest BCUT2D eigenvalue weighted by molar-refractivity contribution is 0.0301. The molecule has 1 aliphatic rings. The number of nitrogens with one attached hydrogen (secondary N) is 1. The van der Waals surface area contributed by atoms with E-state index < -0.39 is 0 Å². The molecule has 0 atom stereocenters. The van der Waals surface area contributed by atoms with Gasteiger partial charge < -0.3 is 24.4 Å². The minimum atomic E-state index is -0.0822. The van der Waals surface area contributed by atoms with Gasteiger partial charge in [-0.1, -0.05) is 12.1 Å². The van der Waals surface area contributed by atoms with Crippen LogP contribution in [0, 0.1) is 11.3 Å². The lowest BCUT2D eigenvalue weighted by Gasteiger charge is -2.27. The van der Waals surface area contributed by atoms with Crippen LogP contribution >= 0.6 is 0 Å². The number of benzene rings is 2. The van der Waals surface area contributed by atoms with Gasteiger partial charge in [0.1, 0.15) is 17.6 Å². The number of aromatic nitrogens is 3. The molecule has 2 aromatic heterocycles. The van der Waals surface area contributed by atoms with Gasteiger partial charge >= 0.3 is 0 Å². The van der Waals surface area contributed by atoms with Gasteiger partial charge in [0, 0.05) is 36.6 Å². The molecule has 5 rings (SSSR count). The molecule has 0 bridgehead atoms. The highest BCUT2D eigenvalue weighted by Gasteiger charge is 2.22. The smallest absolute Gasteiger partial charge is 0.257 e. The zero-order valence-electron chi connectivity index (χ0n) is 19.7. The molecule has 1 saturated heterocycles. The maximum Gasteiger partial charge on any atom is 0.257 e. The van der Waals surface area contributed by atoms with Gasteiger partial charge in [-0.15, -0.1) is 5.10 Å². The van der Waals surface area contributed by atoms with E-state index in [-0.39, 0.29) is 12.5 Å². The monoisotopic (exact) mass is 484 g/mol. The van der Waals surface area contributed by atoms with Gasteiger partial charge in [0.2, 0.25) is 5.95 Å². The van der Waals surface area contributed by atoms with Crippen LogP contribution in [-0.4, -0.2) is 65.4 Å². The minimum absolute atomic E-state index is 0.00127. The molecule has 10 nitrogen and oxygen atoms in total. The van der Waals surface area contributed by atoms with E-state index in [0.717, 1.165) is 11.1 Å². The summed E-state index contributed by atoms with van der Waals surface area (Å²) in [6.45, 7) is 2.19. The van der Waals surface area contributed by atoms with Crippen LogP contribution < -0.4 is 14.8 Å². The van der Waals surface area contributed by atoms with Crippen LogP contribution in [0.3, 0.4) is 0 Å². The SMILES string of the molecule is COc1cc(Nc2nc3c(-c4ccc(OCC#N)cc4)cccn3n2)ccc1C(=O)N1CCOCC1. The summed E-state index contributed by atoms with van der Waals surface area (Å²) in [5.74, 6) is 1.42. The number of carbonyl (C=O) groups is 1. The largest absolute Gasteiger partial charge is 0.496 e. The normalized spacial score (nSPS) is 13.3. The second-order valence-corrected chi connectivity index (χ2v) is 8.04. The summed E-state index contributed by atoms with van der Waals surface area (Å²) in [7, 11) is 1.54. The Labute approximate surface area is 207 Å². The van der Waals surface area contributed by atoms with Crippen molar-refractivity contribution in [3.05, 3.63) is 66.4 Å². The first-order valence-corrected chi connectivity index (χ1v) is 11.4. The van der Waals surface area contributed by atoms with Crippen molar-refractivity contribution in [2.45, 2.75) is 0 Å². The van der Waals surface area contributed by atoms with Crippen LogP contribution in [0.15, 0.2) is 60.8 Å². The van der Waals surface area contributed by atoms with Crippen LogP contribution in [0.2, 0.25) is 0 Å². The van der Waals surface area contributed by atoms with Crippen molar-refractivity contribution in [3.63, 3.8) is 0 Å². The van der Waals surface area contributed by atoms with E-state index in [1.807, 2.05) is 54.7 Å². The Morgan fingerprint density at radius 1 is 1.17 bits per heavy atom. The van der Waals surface area contributed by atoms with Gasteiger partial charge in [0.05, 0.1) is 25.9 Å². The first-order chi connectivity index (χ1) is 17.7. The number of methoxy groups -OCH3 is 1. The molecule has 2 aromatic carbocycles. The molecule has 0 radical (unpaired) electrons. The van der Waals surface area contributed by atoms with Gasteiger partial charge in [0.25, 0.3) is 5.91 Å². The van der Waals surface area contributed by atoms with Crippen molar-refractivity contribution in [1.82, 2.24) is 19.5 Å². The molecule has 182 valence electrons. The maximum atomic E-state index is 12.9. The van der Waals surface area contributed by atoms with Gasteiger partial charge in [-0.3, -0.25) is 4.79 Å². The second kappa shape index (κ2) is 10.3. The molecule has 4 aromatic rings. The number of rotatable bonds is 7. The molecule has 36 heavy (non-hydrogen) atoms. The highest BCUT2D eigenvalue weighted by molar-refractivity contribution is 5.97. The Morgan fingerprint density at radius 2 is 1.97 bits per heavy atom. The summed E-state index contributed by atoms with van der Waals surface area (Å²) in [6, 6.07) is 18.6. The summed E-state index contributed by atoms with van der Waals surface area (Å²) in [5.41, 5.74) is 3.71. The molecule has 0 aliphatic carbocycles. The van der Waals surface area contributed by atoms with Crippen molar-refractivity contribution < 1.29 is 19.0 Å². The third kappa shape index (κ3) is 4.78. The van der Waals surface area contributed by atoms with Gasteiger partial charge in [0.15, 0.2) is 12.3 Å². The molecule has 0 spiro atoms. The van der Waals surface area contributed by atoms with Crippen molar-refractivity contribution in [2.75, 3.05) is 45.3 Å². The van der Waals surface area contributed by atoms with Crippen molar-refractivity contribution >= 4 is 23.2 Å². The Morgan fingerprint density at radius 3 is 2.72 bits per heavy atom. The fourth-order valence-electron chi connectivity index (χ4n) is 4.04. The standard InChI is InChI=1S/C26H24N6O4/c1-34-23-17-19(6-9-22(23)25(33)31-12-15-35-16-13-31)28-26-29-24-21(3-2-11-32(24)30-26)18-4-7-20(8-5-18)36-14-10-27/h2-9,11,17H,12-16H2,1H3,(H,28,30). The fourth-order valence-corrected chi connectivity index (χ4v) is 4.04. The summed E-state index contributed by atoms with van der Waals surface area (Å²) < 4.78 is 17.9. The molecular formula is C26H24N6O4. The zero-order valence-corrected chi connectivity index (χ0v) is 19.7. The Kier molecular flexibility index (Phi) is 6.64. The average molecular weight is 485 g/mol. The van der Waals surface area contributed by atoms with Crippen molar-refractivity contribution in [2.24, 2.45) is 0 Å². The van der Waals surface area contributed by atoms with Gasteiger partial charge in [-0.05, 0) is 42.0 Å². The highest BCUT2D eigenvalue weighted by Crippen LogP contribution is 2.29. The highest BCUT2D eigenvalue weighted by atomic mass is 16.5. The predicted molar refractivity (Wildman–Crippen MR) is 133 cm³/mol. The number of nitriles is 1. The van der Waals surface area contributed by atoms with Crippen molar-refractivity contribution in [3.8, 4) is 28.7 Å². The zero-order chi connectivity index (χ0) is 24.9. The van der Waals surface area contributed by atoms with E-state index in [0.29, 0.717) is 60.6 Å². The number of hydrogen-bond acceptors (Lipinski definition) is 8. The topological polar surface area (TPSA) is 114 Å². The van der Waals surface area contributed by atoms with Crippen LogP contribution in [0.4, 0.5) is 11.6 Å². The quantitative estimate of drug-likeness (QED) is 0.424. The van der Waals surface area contributed by atoms with E-state index in [4.69, 9.17) is 19.5 Å². The van der Waals surface area contributed by atoms with E-state index >= 15 is 0 Å². The molecule has 1 amide bonds. The van der Waals surface area contributed by atoms with Gasteiger partial charge in [-0.2, -0.15) is 10.2 Å². The molecule has 0 unspecified atom stereocenters. The van der Waals surface area contributed by atoms with Crippen LogP contribution in [0.5, 0.6) is 11.5 Å². The number of anilines is 2. The van der Waals surface area contributed by atoms with Crippen LogP contribution in [-0.2, 0) is 4.74 Å². The molecule has 10 heteroatoms. The first-order valence-electron chi connectivity index (χ1n) is 11.4. The number of hydrogen-bond donors (Lipinski definition) is 1. The number of morpholine rings is 1. The van der Waals surface area contributed by atoms with Gasteiger partial charge in [-0.25, -0.2) is 4.52 Å². The molecule has 1 fully saturated rings. The summed E-state index contributed by atoms with van der Waals surface area (Å²) in [4.78, 5) is 19.4. The lowest BCUT2D eigenvalue weighted by Crippen LogP contribution is -2.40. The average Bonchev–Trinajstić information content (AvgIpc) is 3.35. The third-order valence-electron chi connectivity index (χ3n) is 5.82. The summed E-state index contributed by atoms with van der Waals surface area (Å²) in [6.07, 6.45) is 1.83. The first kappa shape index (κ1) is 23.1. The lowest BCUT2D eigenvalue weighted by atomic mass is 10.1. The summed E-state index contributed by atoms with van der Waals surface area (Å²) >= 11 is 0. The number of fused-ring (bicyclic) bond motifs is 1.